The van der Waals surface area contributed by atoms with Crippen LogP contribution in [-0.2, 0) is 11.2 Å². The zero-order chi connectivity index (χ0) is 27.4. The molecule has 1 fully saturated rings. The van der Waals surface area contributed by atoms with Gasteiger partial charge in [-0.2, -0.15) is 19.6 Å². The first-order valence-electron chi connectivity index (χ1n) is 12.8. The Kier molecular flexibility index (Phi) is 8.18. The number of azo groups is 2. The van der Waals surface area contributed by atoms with Crippen molar-refractivity contribution in [1.29, 1.82) is 0 Å². The van der Waals surface area contributed by atoms with Gasteiger partial charge in [0.2, 0.25) is 5.13 Å². The second-order valence-electron chi connectivity index (χ2n) is 9.58. The number of rotatable bonds is 9. The highest BCUT2D eigenvalue weighted by Gasteiger charge is 2.16. The smallest absolute Gasteiger partial charge is 0.249 e. The van der Waals surface area contributed by atoms with E-state index in [1.54, 1.807) is 0 Å². The molecule has 5 rings (SSSR count). The van der Waals surface area contributed by atoms with E-state index in [1.807, 2.05) is 42.5 Å². The van der Waals surface area contributed by atoms with Gasteiger partial charge in [-0.05, 0) is 93.3 Å². The molecular formula is C28H30N8OS2. The van der Waals surface area contributed by atoms with Crippen molar-refractivity contribution in [3.63, 3.8) is 0 Å². The highest BCUT2D eigenvalue weighted by atomic mass is 32.1. The lowest BCUT2D eigenvalue weighted by atomic mass is 10.1. The average molecular weight is 559 g/mol. The maximum atomic E-state index is 11.2. The summed E-state index contributed by atoms with van der Waals surface area (Å²) in [7, 11) is 2.10. The number of anilines is 3. The number of thiophene rings is 1. The molecule has 0 saturated carbocycles. The van der Waals surface area contributed by atoms with Crippen LogP contribution in [-0.4, -0.2) is 35.3 Å². The Hall–Kier alpha value is -3.83. The van der Waals surface area contributed by atoms with Crippen molar-refractivity contribution >= 4 is 66.5 Å². The average Bonchev–Trinajstić information content (AvgIpc) is 3.69. The van der Waals surface area contributed by atoms with Crippen molar-refractivity contribution < 1.29 is 4.79 Å². The van der Waals surface area contributed by atoms with E-state index >= 15 is 0 Å². The minimum atomic E-state index is 0.0140. The number of carbonyl (C=O) groups is 1. The summed E-state index contributed by atoms with van der Waals surface area (Å²) >= 11 is 2.96. The Morgan fingerprint density at radius 1 is 0.949 bits per heavy atom. The Morgan fingerprint density at radius 2 is 1.67 bits per heavy atom. The molecule has 1 aliphatic rings. The van der Waals surface area contributed by atoms with E-state index in [1.165, 1.54) is 29.8 Å². The molecule has 0 N–H and O–H groups in total. The molecule has 0 atom stereocenters. The van der Waals surface area contributed by atoms with Gasteiger partial charge in [0.25, 0.3) is 0 Å². The fraction of sp³-hybridized carbons (Fsp3) is 0.321. The van der Waals surface area contributed by atoms with E-state index in [0.29, 0.717) is 16.6 Å². The Bertz CT molecular complexity index is 1530. The number of hydrogen-bond acceptors (Lipinski definition) is 11. The van der Waals surface area contributed by atoms with Crippen LogP contribution in [0.5, 0.6) is 0 Å². The molecule has 11 heteroatoms. The third-order valence-electron chi connectivity index (χ3n) is 6.45. The molecule has 0 bridgehead atoms. The SMILES string of the molecule is CC(=O)Cc1nsc(N=Nc2ccc(N=Nc3ccc(N(C)c4ccc(N5CCCC5)s4)cc3C)cc2C)n1. The molecule has 0 unspecified atom stereocenters. The molecule has 9 nitrogen and oxygen atoms in total. The third kappa shape index (κ3) is 6.61. The van der Waals surface area contributed by atoms with Crippen molar-refractivity contribution in [2.45, 2.75) is 40.0 Å². The fourth-order valence-corrected chi connectivity index (χ4v) is 5.85. The van der Waals surface area contributed by atoms with E-state index < -0.39 is 0 Å². The molecule has 4 aromatic rings. The molecule has 2 aromatic heterocycles. The van der Waals surface area contributed by atoms with Crippen molar-refractivity contribution in [3.8, 4) is 0 Å². The first kappa shape index (κ1) is 26.8. The minimum Gasteiger partial charge on any atom is -0.363 e. The van der Waals surface area contributed by atoms with Crippen LogP contribution >= 0.6 is 22.9 Å². The molecule has 3 heterocycles. The number of aromatic nitrogens is 2. The summed E-state index contributed by atoms with van der Waals surface area (Å²) in [6.45, 7) is 7.83. The van der Waals surface area contributed by atoms with Crippen LogP contribution in [0.2, 0.25) is 0 Å². The Morgan fingerprint density at radius 3 is 2.38 bits per heavy atom. The van der Waals surface area contributed by atoms with Gasteiger partial charge in [-0.25, -0.2) is 0 Å². The minimum absolute atomic E-state index is 0.0140. The van der Waals surface area contributed by atoms with Gasteiger partial charge in [-0.1, -0.05) is 0 Å². The number of Topliss-reactive ketones (excluding diaryl/α,β-unsaturated/α-hetero) is 1. The highest BCUT2D eigenvalue weighted by Crippen LogP contribution is 2.38. The van der Waals surface area contributed by atoms with Crippen molar-refractivity contribution in [3.05, 3.63) is 65.5 Å². The van der Waals surface area contributed by atoms with Gasteiger partial charge in [-0.15, -0.1) is 21.6 Å². The van der Waals surface area contributed by atoms with Crippen molar-refractivity contribution in [2.75, 3.05) is 29.9 Å². The highest BCUT2D eigenvalue weighted by molar-refractivity contribution is 7.20. The summed E-state index contributed by atoms with van der Waals surface area (Å²) in [6, 6.07) is 16.3. The molecule has 200 valence electrons. The lowest BCUT2D eigenvalue weighted by molar-refractivity contribution is -0.116. The van der Waals surface area contributed by atoms with E-state index in [9.17, 15) is 4.79 Å². The van der Waals surface area contributed by atoms with E-state index in [2.05, 4.69) is 77.9 Å². The van der Waals surface area contributed by atoms with Gasteiger partial charge in [-0.3, -0.25) is 4.79 Å². The molecular weight excluding hydrogens is 528 g/mol. The maximum Gasteiger partial charge on any atom is 0.249 e. The topological polar surface area (TPSA) is 98.8 Å². The number of nitrogens with zero attached hydrogens (tertiary/aromatic N) is 8. The number of ketones is 1. The maximum absolute atomic E-state index is 11.2. The third-order valence-corrected chi connectivity index (χ3v) is 8.32. The van der Waals surface area contributed by atoms with Gasteiger partial charge in [0.05, 0.1) is 33.5 Å². The quantitative estimate of drug-likeness (QED) is 0.192. The zero-order valence-electron chi connectivity index (χ0n) is 22.5. The number of benzene rings is 2. The van der Waals surface area contributed by atoms with E-state index in [-0.39, 0.29) is 12.2 Å². The van der Waals surface area contributed by atoms with Crippen LogP contribution in [0.4, 0.5) is 37.9 Å². The van der Waals surface area contributed by atoms with Crippen molar-refractivity contribution in [2.24, 2.45) is 20.5 Å². The Balaban J connectivity index is 1.24. The Labute approximate surface area is 236 Å². The summed E-state index contributed by atoms with van der Waals surface area (Å²) in [6.07, 6.45) is 2.77. The van der Waals surface area contributed by atoms with Gasteiger partial charge in [0.1, 0.15) is 5.78 Å². The fourth-order valence-electron chi connectivity index (χ4n) is 4.30. The molecule has 0 amide bonds. The standard InChI is InChI=1S/C28H30N8OS2/c1-18-15-21(7-9-23(18)32-33-28-29-25(34-39-28)17-20(3)37)30-31-24-10-8-22(16-19(24)2)35(4)26-11-12-27(38-26)36-13-5-6-14-36/h7-12,15-16H,5-6,13-14,17H2,1-4H3. The zero-order valence-corrected chi connectivity index (χ0v) is 24.1. The van der Waals surface area contributed by atoms with Crippen LogP contribution in [0.15, 0.2) is 69.0 Å². The van der Waals surface area contributed by atoms with Crippen LogP contribution in [0, 0.1) is 13.8 Å². The van der Waals surface area contributed by atoms with Gasteiger partial charge in [0.15, 0.2) is 5.82 Å². The second-order valence-corrected chi connectivity index (χ2v) is 11.3. The van der Waals surface area contributed by atoms with Crippen LogP contribution in [0.1, 0.15) is 36.7 Å². The largest absolute Gasteiger partial charge is 0.363 e. The molecule has 0 spiro atoms. The lowest BCUT2D eigenvalue weighted by Gasteiger charge is -2.19. The predicted molar refractivity (Wildman–Crippen MR) is 159 cm³/mol. The number of hydrogen-bond donors (Lipinski definition) is 0. The molecule has 0 aliphatic carbocycles. The molecule has 1 saturated heterocycles. The molecule has 2 aromatic carbocycles. The molecule has 1 aliphatic heterocycles. The normalized spacial score (nSPS) is 13.7. The summed E-state index contributed by atoms with van der Waals surface area (Å²) < 4.78 is 4.14. The van der Waals surface area contributed by atoms with Gasteiger partial charge in [0, 0.05) is 37.4 Å². The monoisotopic (exact) mass is 558 g/mol. The van der Waals surface area contributed by atoms with E-state index in [4.69, 9.17) is 0 Å². The van der Waals surface area contributed by atoms with Crippen LogP contribution < -0.4 is 9.80 Å². The van der Waals surface area contributed by atoms with Gasteiger partial charge < -0.3 is 9.80 Å². The second kappa shape index (κ2) is 11.9. The summed E-state index contributed by atoms with van der Waals surface area (Å²) in [5.41, 5.74) is 5.37. The van der Waals surface area contributed by atoms with Crippen LogP contribution in [0.3, 0.4) is 0 Å². The van der Waals surface area contributed by atoms with Crippen LogP contribution in [0.25, 0.3) is 0 Å². The van der Waals surface area contributed by atoms with Crippen molar-refractivity contribution in [1.82, 2.24) is 9.36 Å². The summed E-state index contributed by atoms with van der Waals surface area (Å²) in [5.74, 6) is 0.488. The van der Waals surface area contributed by atoms with Gasteiger partial charge >= 0.3 is 0 Å². The predicted octanol–water partition coefficient (Wildman–Crippen LogP) is 8.55. The summed E-state index contributed by atoms with van der Waals surface area (Å²) in [5, 5.41) is 20.4. The molecule has 0 radical (unpaired) electrons. The first-order valence-corrected chi connectivity index (χ1v) is 14.4. The number of carbonyl (C=O) groups excluding carboxylic acids is 1. The molecule has 39 heavy (non-hydrogen) atoms. The summed E-state index contributed by atoms with van der Waals surface area (Å²) in [4.78, 5) is 20.1. The van der Waals surface area contributed by atoms with E-state index in [0.717, 1.165) is 52.8 Å². The number of aryl methyl sites for hydroxylation is 2. The lowest BCUT2D eigenvalue weighted by Crippen LogP contribution is -2.15. The first-order chi connectivity index (χ1) is 18.9.